The third-order valence-corrected chi connectivity index (χ3v) is 14.1. The van der Waals surface area contributed by atoms with Gasteiger partial charge in [-0.15, -0.1) is 0 Å². The molecule has 0 N–H and O–H groups in total. The third-order valence-electron chi connectivity index (χ3n) is 14.1. The van der Waals surface area contributed by atoms with Crippen LogP contribution in [0.5, 0.6) is 23.0 Å². The van der Waals surface area contributed by atoms with Gasteiger partial charge in [0.05, 0.1) is 60.1 Å². The van der Waals surface area contributed by atoms with E-state index in [-0.39, 0.29) is 34.5 Å². The molecule has 4 amide bonds. The first-order valence-electron chi connectivity index (χ1n) is 26.6. The zero-order chi connectivity index (χ0) is 52.6. The molecule has 6 aromatic carbocycles. The van der Waals surface area contributed by atoms with Crippen molar-refractivity contribution >= 4 is 35.0 Å². The number of imide groups is 2. The summed E-state index contributed by atoms with van der Waals surface area (Å²) in [5, 5.41) is 0. The molecule has 0 saturated carbocycles. The molecule has 0 atom stereocenters. The number of hydrogen-bond acceptors (Lipinski definition) is 8. The number of carbonyl (C=O) groups is 4. The summed E-state index contributed by atoms with van der Waals surface area (Å²) in [5.74, 6) is 1.32. The van der Waals surface area contributed by atoms with E-state index in [0.717, 1.165) is 81.3 Å². The molecule has 2 aliphatic heterocycles. The summed E-state index contributed by atoms with van der Waals surface area (Å²) in [5.41, 5.74) is 10.8. The Kier molecular flexibility index (Phi) is 14.6. The van der Waals surface area contributed by atoms with Gasteiger partial charge < -0.3 is 18.9 Å². The largest absolute Gasteiger partial charge is 0.493 e. The Balaban J connectivity index is 1.39. The number of nitrogens with zero attached hydrogens (tertiary/aromatic N) is 2. The Hall–Kier alpha value is -7.20. The Morgan fingerprint density at radius 3 is 0.784 bits per heavy atom. The normalized spacial score (nSPS) is 14.4. The number of amides is 4. The lowest BCUT2D eigenvalue weighted by Crippen LogP contribution is -2.29. The second kappa shape index (κ2) is 21.0. The van der Waals surface area contributed by atoms with Crippen LogP contribution < -0.4 is 28.7 Å². The topological polar surface area (TPSA) is 112 Å². The highest BCUT2D eigenvalue weighted by Gasteiger charge is 2.39. The van der Waals surface area contributed by atoms with Crippen molar-refractivity contribution in [3.05, 3.63) is 175 Å². The number of fused-ring (bicyclic) bond motifs is 10. The maximum absolute atomic E-state index is 14.4. The van der Waals surface area contributed by atoms with Crippen LogP contribution in [0, 0.1) is 0 Å². The second-order valence-electron chi connectivity index (χ2n) is 22.0. The van der Waals surface area contributed by atoms with Gasteiger partial charge >= 0.3 is 0 Å². The quantitative estimate of drug-likeness (QED) is 0.0991. The van der Waals surface area contributed by atoms with E-state index in [1.807, 2.05) is 24.3 Å². The van der Waals surface area contributed by atoms with Crippen molar-refractivity contribution < 1.29 is 38.1 Å². The maximum Gasteiger partial charge on any atom is 0.266 e. The van der Waals surface area contributed by atoms with Crippen molar-refractivity contribution in [3.8, 4) is 23.0 Å². The second-order valence-corrected chi connectivity index (χ2v) is 22.0. The summed E-state index contributed by atoms with van der Waals surface area (Å²) in [6, 6.07) is 30.7. The molecule has 0 radical (unpaired) electrons. The van der Waals surface area contributed by atoms with Gasteiger partial charge in [-0.1, -0.05) is 118 Å². The summed E-state index contributed by atoms with van der Waals surface area (Å²) >= 11 is 0. The first kappa shape index (κ1) is 51.7. The number of benzene rings is 6. The first-order chi connectivity index (χ1) is 35.4. The van der Waals surface area contributed by atoms with Crippen molar-refractivity contribution in [1.29, 1.82) is 0 Å². The molecule has 0 fully saturated rings. The molecule has 10 nitrogen and oxygen atoms in total. The fourth-order valence-electron chi connectivity index (χ4n) is 10.4. The molecular formula is C64H70N2O8. The number of hydrogen-bond donors (Lipinski definition) is 0. The lowest BCUT2D eigenvalue weighted by atomic mass is 9.81. The molecule has 0 spiro atoms. The predicted molar refractivity (Wildman–Crippen MR) is 293 cm³/mol. The number of anilines is 2. The number of rotatable bonds is 14. The van der Waals surface area contributed by atoms with Crippen LogP contribution in [-0.2, 0) is 36.5 Å². The van der Waals surface area contributed by atoms with Crippen molar-refractivity contribution in [2.24, 2.45) is 0 Å². The van der Waals surface area contributed by atoms with Gasteiger partial charge in [-0.25, -0.2) is 9.80 Å². The SMILES string of the molecule is CCCOc1c2cc(N3C(=O)c4ccccc4C3=O)cc1Cc1cc(C(C)(C)C)cc(c1OCCC)Cc1cc(N3C(=O)c4ccccc4C3=O)cc(c1OCCC)Cc1cc(C(C)(C)C)cc(c1OCCC)C2. The first-order valence-corrected chi connectivity index (χ1v) is 26.6. The average molecular weight is 995 g/mol. The van der Waals surface area contributed by atoms with Gasteiger partial charge in [0.15, 0.2) is 0 Å². The minimum Gasteiger partial charge on any atom is -0.493 e. The van der Waals surface area contributed by atoms with Gasteiger partial charge in [-0.3, -0.25) is 19.2 Å². The van der Waals surface area contributed by atoms with Crippen LogP contribution in [0.3, 0.4) is 0 Å². The number of ether oxygens (including phenoxy) is 4. The van der Waals surface area contributed by atoms with Crippen LogP contribution in [0.4, 0.5) is 11.4 Å². The van der Waals surface area contributed by atoms with Gasteiger partial charge in [-0.2, -0.15) is 0 Å². The molecule has 3 aliphatic rings. The molecule has 0 unspecified atom stereocenters. The molecule has 1 aliphatic carbocycles. The minimum atomic E-state index is -0.373. The van der Waals surface area contributed by atoms with Crippen molar-refractivity contribution in [1.82, 2.24) is 0 Å². The zero-order valence-corrected chi connectivity index (χ0v) is 44.9. The molecule has 10 heteroatoms. The average Bonchev–Trinajstić information content (AvgIpc) is 3.77. The Morgan fingerprint density at radius 2 is 0.581 bits per heavy atom. The molecule has 0 saturated heterocycles. The van der Waals surface area contributed by atoms with Gasteiger partial charge in [0, 0.05) is 47.9 Å². The number of carbonyl (C=O) groups excluding carboxylic acids is 4. The fourth-order valence-corrected chi connectivity index (χ4v) is 10.4. The maximum atomic E-state index is 14.4. The van der Waals surface area contributed by atoms with Crippen LogP contribution in [0.15, 0.2) is 97.1 Å². The van der Waals surface area contributed by atoms with Crippen LogP contribution in [-0.4, -0.2) is 50.1 Å². The van der Waals surface area contributed by atoms with Gasteiger partial charge in [0.2, 0.25) is 0 Å². The third kappa shape index (κ3) is 9.95. The summed E-state index contributed by atoms with van der Waals surface area (Å²) in [7, 11) is 0. The van der Waals surface area contributed by atoms with E-state index in [1.165, 1.54) is 9.80 Å². The van der Waals surface area contributed by atoms with Gasteiger partial charge in [0.1, 0.15) is 23.0 Å². The van der Waals surface area contributed by atoms with Crippen LogP contribution >= 0.6 is 0 Å². The highest BCUT2D eigenvalue weighted by atomic mass is 16.5. The molecule has 6 aromatic rings. The summed E-state index contributed by atoms with van der Waals surface area (Å²) in [6.45, 7) is 23.3. The van der Waals surface area contributed by atoms with E-state index < -0.39 is 0 Å². The van der Waals surface area contributed by atoms with Crippen LogP contribution in [0.25, 0.3) is 0 Å². The molecule has 384 valence electrons. The Morgan fingerprint density at radius 1 is 0.365 bits per heavy atom. The van der Waals surface area contributed by atoms with Gasteiger partial charge in [0.25, 0.3) is 23.6 Å². The zero-order valence-electron chi connectivity index (χ0n) is 44.9. The van der Waals surface area contributed by atoms with Crippen molar-refractivity contribution in [2.45, 2.75) is 131 Å². The van der Waals surface area contributed by atoms with Crippen molar-refractivity contribution in [2.75, 3.05) is 36.2 Å². The Bertz CT molecular complexity index is 2810. The van der Waals surface area contributed by atoms with Crippen molar-refractivity contribution in [3.63, 3.8) is 0 Å². The van der Waals surface area contributed by atoms with Crippen LogP contribution in [0.2, 0.25) is 0 Å². The standard InChI is InChI=1S/C64H70N2O8/c1-11-23-71-55-39-27-43-35-49(65-59(67)51-19-15-16-20-52(51)60(65)68)37-45(57(43)73-25-13-3)29-41-33-48(64(8,9)10)34-42(56(41)72-24-12-2)30-46-38-50(66-61(69)53-21-17-18-22-54(53)62(66)70)36-44(58(46)74-26-14-4)28-40(55)32-47(31-39)63(5,6)7/h15-22,31-38H,11-14,23-30H2,1-10H3. The Labute approximate surface area is 437 Å². The lowest BCUT2D eigenvalue weighted by Gasteiger charge is -2.28. The summed E-state index contributed by atoms with van der Waals surface area (Å²) in [4.78, 5) is 60.3. The minimum absolute atomic E-state index is 0.306. The summed E-state index contributed by atoms with van der Waals surface area (Å²) in [6.07, 6.45) is 4.37. The predicted octanol–water partition coefficient (Wildman–Crippen LogP) is 13.7. The highest BCUT2D eigenvalue weighted by Crippen LogP contribution is 2.45. The molecular weight excluding hydrogens is 925 g/mol. The molecule has 74 heavy (non-hydrogen) atoms. The molecule has 8 bridgehead atoms. The highest BCUT2D eigenvalue weighted by molar-refractivity contribution is 6.35. The lowest BCUT2D eigenvalue weighted by molar-refractivity contribution is 0.0910. The van der Waals surface area contributed by atoms with Crippen LogP contribution in [0.1, 0.15) is 192 Å². The smallest absolute Gasteiger partial charge is 0.266 e. The molecule has 0 aromatic heterocycles. The molecule has 2 heterocycles. The van der Waals surface area contributed by atoms with E-state index in [9.17, 15) is 19.2 Å². The van der Waals surface area contributed by atoms with E-state index in [4.69, 9.17) is 18.9 Å². The molecule has 9 rings (SSSR count). The summed E-state index contributed by atoms with van der Waals surface area (Å²) < 4.78 is 27.7. The van der Waals surface area contributed by atoms with E-state index >= 15 is 0 Å². The monoisotopic (exact) mass is 995 g/mol. The van der Waals surface area contributed by atoms with Gasteiger partial charge in [-0.05, 0) is 118 Å². The fraction of sp³-hybridized carbons (Fsp3) is 0.375. The van der Waals surface area contributed by atoms with E-state index in [0.29, 0.717) is 109 Å². The van der Waals surface area contributed by atoms with E-state index in [1.54, 1.807) is 48.5 Å². The van der Waals surface area contributed by atoms with E-state index in [2.05, 4.69) is 93.5 Å².